The SMILES string of the molecule is N=C(c1cncc(-c2ccc3c(c2)CCN(C2CC2)C3)c1)c1ccc2c(c1)OCCNC2=O. The predicted molar refractivity (Wildman–Crippen MR) is 127 cm³/mol. The molecule has 166 valence electrons. The minimum Gasteiger partial charge on any atom is -0.491 e. The van der Waals surface area contributed by atoms with Crippen LogP contribution < -0.4 is 10.1 Å². The summed E-state index contributed by atoms with van der Waals surface area (Å²) in [6.45, 7) is 3.10. The van der Waals surface area contributed by atoms with Crippen molar-refractivity contribution in [2.45, 2.75) is 31.8 Å². The first-order valence-corrected chi connectivity index (χ1v) is 11.6. The lowest BCUT2D eigenvalue weighted by Crippen LogP contribution is -2.32. The molecular formula is C27H26N4O2. The van der Waals surface area contributed by atoms with Gasteiger partial charge in [-0.3, -0.25) is 20.1 Å². The Bertz CT molecular complexity index is 1260. The Kier molecular flexibility index (Phi) is 4.95. The van der Waals surface area contributed by atoms with Gasteiger partial charge in [-0.2, -0.15) is 0 Å². The molecule has 6 heteroatoms. The van der Waals surface area contributed by atoms with Gasteiger partial charge < -0.3 is 10.1 Å². The molecule has 6 nitrogen and oxygen atoms in total. The number of carbonyl (C=O) groups is 1. The van der Waals surface area contributed by atoms with Gasteiger partial charge in [-0.05, 0) is 54.2 Å². The van der Waals surface area contributed by atoms with Crippen LogP contribution in [0.2, 0.25) is 0 Å². The van der Waals surface area contributed by atoms with Crippen molar-refractivity contribution in [1.82, 2.24) is 15.2 Å². The quantitative estimate of drug-likeness (QED) is 0.608. The Morgan fingerprint density at radius 2 is 1.94 bits per heavy atom. The fourth-order valence-corrected chi connectivity index (χ4v) is 4.81. The standard InChI is InChI=1S/C27H26N4O2/c28-26(19-3-6-24-25(13-19)33-10-8-30-27(24)32)22-12-21(14-29-15-22)17-1-2-20-16-31(23-4-5-23)9-7-18(20)11-17/h1-3,6,11-15,23,28H,4-5,7-10,16H2,(H,30,32). The third-order valence-corrected chi connectivity index (χ3v) is 6.83. The number of rotatable bonds is 4. The molecule has 3 aromatic rings. The summed E-state index contributed by atoms with van der Waals surface area (Å²) in [4.78, 5) is 19.2. The highest BCUT2D eigenvalue weighted by molar-refractivity contribution is 6.12. The van der Waals surface area contributed by atoms with Crippen molar-refractivity contribution in [3.05, 3.63) is 82.7 Å². The lowest BCUT2D eigenvalue weighted by molar-refractivity contribution is 0.0957. The maximum Gasteiger partial charge on any atom is 0.255 e. The van der Waals surface area contributed by atoms with E-state index in [1.54, 1.807) is 24.4 Å². The summed E-state index contributed by atoms with van der Waals surface area (Å²) in [7, 11) is 0. The summed E-state index contributed by atoms with van der Waals surface area (Å²) < 4.78 is 5.72. The summed E-state index contributed by atoms with van der Waals surface area (Å²) in [5, 5.41) is 11.6. The van der Waals surface area contributed by atoms with Crippen LogP contribution in [-0.4, -0.2) is 47.2 Å². The van der Waals surface area contributed by atoms with Gasteiger partial charge in [0.1, 0.15) is 12.4 Å². The highest BCUT2D eigenvalue weighted by Crippen LogP contribution is 2.33. The molecule has 0 bridgehead atoms. The Morgan fingerprint density at radius 1 is 1.03 bits per heavy atom. The smallest absolute Gasteiger partial charge is 0.255 e. The summed E-state index contributed by atoms with van der Waals surface area (Å²) in [5.74, 6) is 0.378. The zero-order chi connectivity index (χ0) is 22.4. The van der Waals surface area contributed by atoms with Crippen molar-refractivity contribution in [2.75, 3.05) is 19.7 Å². The molecule has 2 aromatic carbocycles. The highest BCUT2D eigenvalue weighted by Gasteiger charge is 2.31. The highest BCUT2D eigenvalue weighted by atomic mass is 16.5. The molecule has 3 heterocycles. The summed E-state index contributed by atoms with van der Waals surface area (Å²) >= 11 is 0. The Morgan fingerprint density at radius 3 is 2.82 bits per heavy atom. The summed E-state index contributed by atoms with van der Waals surface area (Å²) in [5.41, 5.74) is 7.31. The van der Waals surface area contributed by atoms with E-state index < -0.39 is 0 Å². The average molecular weight is 439 g/mol. The first-order chi connectivity index (χ1) is 16.2. The van der Waals surface area contributed by atoms with Gasteiger partial charge in [0.05, 0.1) is 17.8 Å². The number of nitrogens with zero attached hydrogens (tertiary/aromatic N) is 2. The van der Waals surface area contributed by atoms with Crippen LogP contribution in [0, 0.1) is 5.41 Å². The zero-order valence-corrected chi connectivity index (χ0v) is 18.4. The third kappa shape index (κ3) is 3.91. The minimum atomic E-state index is -0.142. The monoisotopic (exact) mass is 438 g/mol. The fraction of sp³-hybridized carbons (Fsp3) is 0.296. The fourth-order valence-electron chi connectivity index (χ4n) is 4.81. The van der Waals surface area contributed by atoms with Crippen molar-refractivity contribution >= 4 is 11.6 Å². The molecule has 0 radical (unpaired) electrons. The van der Waals surface area contributed by atoms with E-state index in [0.717, 1.165) is 42.2 Å². The number of nitrogens with one attached hydrogen (secondary N) is 2. The van der Waals surface area contributed by atoms with Crippen molar-refractivity contribution in [1.29, 1.82) is 5.41 Å². The number of hydrogen-bond acceptors (Lipinski definition) is 5. The van der Waals surface area contributed by atoms with E-state index in [-0.39, 0.29) is 5.91 Å². The molecule has 1 fully saturated rings. The molecule has 1 aliphatic carbocycles. The van der Waals surface area contributed by atoms with Crippen LogP contribution in [0.15, 0.2) is 54.9 Å². The average Bonchev–Trinajstić information content (AvgIpc) is 3.72. The molecule has 0 atom stereocenters. The van der Waals surface area contributed by atoms with Crippen LogP contribution in [0.3, 0.4) is 0 Å². The lowest BCUT2D eigenvalue weighted by atomic mass is 9.94. The number of ether oxygens (including phenoxy) is 1. The van der Waals surface area contributed by atoms with Gasteiger partial charge in [0.2, 0.25) is 0 Å². The van der Waals surface area contributed by atoms with Crippen LogP contribution in [0.5, 0.6) is 5.75 Å². The topological polar surface area (TPSA) is 78.3 Å². The number of carbonyl (C=O) groups excluding carboxylic acids is 1. The molecule has 2 aliphatic heterocycles. The minimum absolute atomic E-state index is 0.142. The molecule has 0 unspecified atom stereocenters. The van der Waals surface area contributed by atoms with Gasteiger partial charge in [0.25, 0.3) is 5.91 Å². The Hall–Kier alpha value is -3.51. The van der Waals surface area contributed by atoms with Crippen LogP contribution in [0.4, 0.5) is 0 Å². The summed E-state index contributed by atoms with van der Waals surface area (Å²) in [6, 6.07) is 14.9. The third-order valence-electron chi connectivity index (χ3n) is 6.83. The number of amides is 1. The van der Waals surface area contributed by atoms with Crippen molar-refractivity contribution in [3.63, 3.8) is 0 Å². The number of benzene rings is 2. The van der Waals surface area contributed by atoms with Gasteiger partial charge >= 0.3 is 0 Å². The first-order valence-electron chi connectivity index (χ1n) is 11.6. The van der Waals surface area contributed by atoms with Crippen molar-refractivity contribution in [3.8, 4) is 16.9 Å². The Labute approximate surface area is 193 Å². The van der Waals surface area contributed by atoms with Gasteiger partial charge in [0.15, 0.2) is 0 Å². The molecule has 1 amide bonds. The van der Waals surface area contributed by atoms with E-state index >= 15 is 0 Å². The molecular weight excluding hydrogens is 412 g/mol. The van der Waals surface area contributed by atoms with Crippen molar-refractivity contribution in [2.24, 2.45) is 0 Å². The van der Waals surface area contributed by atoms with Crippen LogP contribution in [-0.2, 0) is 13.0 Å². The number of fused-ring (bicyclic) bond motifs is 2. The maximum atomic E-state index is 12.2. The zero-order valence-electron chi connectivity index (χ0n) is 18.4. The molecule has 1 aromatic heterocycles. The number of hydrogen-bond donors (Lipinski definition) is 2. The molecule has 1 saturated carbocycles. The maximum absolute atomic E-state index is 12.2. The Balaban J connectivity index is 1.27. The molecule has 6 rings (SSSR count). The van der Waals surface area contributed by atoms with E-state index in [1.165, 1.54) is 24.0 Å². The molecule has 2 N–H and O–H groups in total. The van der Waals surface area contributed by atoms with Crippen molar-refractivity contribution < 1.29 is 9.53 Å². The largest absolute Gasteiger partial charge is 0.491 e. The molecule has 3 aliphatic rings. The van der Waals surface area contributed by atoms with E-state index in [1.807, 2.05) is 12.3 Å². The second kappa shape index (κ2) is 8.12. The van der Waals surface area contributed by atoms with Crippen LogP contribution >= 0.6 is 0 Å². The van der Waals surface area contributed by atoms with Crippen LogP contribution in [0.1, 0.15) is 45.5 Å². The van der Waals surface area contributed by atoms with E-state index in [9.17, 15) is 4.79 Å². The predicted octanol–water partition coefficient (Wildman–Crippen LogP) is 3.81. The lowest BCUT2D eigenvalue weighted by Gasteiger charge is -2.29. The van der Waals surface area contributed by atoms with Gasteiger partial charge in [-0.1, -0.05) is 24.3 Å². The van der Waals surface area contributed by atoms with Gasteiger partial charge in [-0.15, -0.1) is 0 Å². The summed E-state index contributed by atoms with van der Waals surface area (Å²) in [6.07, 6.45) is 7.37. The first kappa shape index (κ1) is 20.1. The van der Waals surface area contributed by atoms with Crippen LogP contribution in [0.25, 0.3) is 11.1 Å². The van der Waals surface area contributed by atoms with E-state index in [2.05, 4.69) is 33.4 Å². The molecule has 0 saturated heterocycles. The van der Waals surface area contributed by atoms with Gasteiger partial charge in [-0.25, -0.2) is 0 Å². The molecule has 0 spiro atoms. The molecule has 33 heavy (non-hydrogen) atoms. The number of pyridine rings is 1. The normalized spacial score (nSPS) is 17.9. The second-order valence-electron chi connectivity index (χ2n) is 9.09. The van der Waals surface area contributed by atoms with E-state index in [4.69, 9.17) is 10.1 Å². The number of aromatic nitrogens is 1. The van der Waals surface area contributed by atoms with E-state index in [0.29, 0.717) is 35.7 Å². The second-order valence-corrected chi connectivity index (χ2v) is 9.09. The van der Waals surface area contributed by atoms with Gasteiger partial charge in [0, 0.05) is 48.2 Å².